The fraction of sp³-hybridized carbons (Fsp3) is 0.467. The van der Waals surface area contributed by atoms with Gasteiger partial charge in [0, 0.05) is 6.04 Å². The Kier molecular flexibility index (Phi) is 5.11. The van der Waals surface area contributed by atoms with E-state index >= 15 is 0 Å². The van der Waals surface area contributed by atoms with Gasteiger partial charge in [-0.1, -0.05) is 47.3 Å². The topological polar surface area (TPSA) is 12.0 Å². The number of piperidine rings is 1. The number of halogens is 2. The highest BCUT2D eigenvalue weighted by atomic mass is 35.5. The molecule has 1 aromatic rings. The zero-order chi connectivity index (χ0) is 13.0. The Bertz CT molecular complexity index is 434. The highest BCUT2D eigenvalue weighted by Gasteiger charge is 2.12. The third-order valence-electron chi connectivity index (χ3n) is 3.34. The Morgan fingerprint density at radius 2 is 2.17 bits per heavy atom. The largest absolute Gasteiger partial charge is 0.314 e. The van der Waals surface area contributed by atoms with Crippen molar-refractivity contribution >= 4 is 29.3 Å². The van der Waals surface area contributed by atoms with Crippen LogP contribution in [0.1, 0.15) is 38.2 Å². The minimum atomic E-state index is 0.611. The molecule has 0 amide bonds. The molecule has 1 N–H and O–H groups in total. The Morgan fingerprint density at radius 3 is 2.83 bits per heavy atom. The van der Waals surface area contributed by atoms with Gasteiger partial charge in [0.1, 0.15) is 0 Å². The molecule has 0 aromatic heterocycles. The molecular formula is C15H19Cl2N. The van der Waals surface area contributed by atoms with E-state index in [-0.39, 0.29) is 0 Å². The molecule has 1 heterocycles. The number of hydrogen-bond acceptors (Lipinski definition) is 1. The Morgan fingerprint density at radius 1 is 1.33 bits per heavy atom. The smallest absolute Gasteiger partial charge is 0.0598 e. The number of hydrogen-bond donors (Lipinski definition) is 1. The summed E-state index contributed by atoms with van der Waals surface area (Å²) in [4.78, 5) is 0. The zero-order valence-corrected chi connectivity index (χ0v) is 12.2. The molecule has 1 nitrogen and oxygen atoms in total. The van der Waals surface area contributed by atoms with Crippen molar-refractivity contribution in [2.45, 2.75) is 38.6 Å². The minimum Gasteiger partial charge on any atom is -0.314 e. The molecule has 0 aliphatic carbocycles. The molecule has 1 unspecified atom stereocenters. The third kappa shape index (κ3) is 4.01. The molecule has 1 fully saturated rings. The lowest BCUT2D eigenvalue weighted by Crippen LogP contribution is -2.33. The van der Waals surface area contributed by atoms with Gasteiger partial charge in [-0.3, -0.25) is 0 Å². The number of rotatable bonds is 3. The number of nitrogens with one attached hydrogen (secondary N) is 1. The molecule has 1 aliphatic heterocycles. The molecule has 1 saturated heterocycles. The van der Waals surface area contributed by atoms with Gasteiger partial charge in [-0.15, -0.1) is 0 Å². The van der Waals surface area contributed by atoms with E-state index in [1.807, 2.05) is 18.2 Å². The SMILES string of the molecule is C/C(=C/c1ccc(Cl)c(Cl)c1)CC1CCCCN1. The lowest BCUT2D eigenvalue weighted by atomic mass is 9.97. The monoisotopic (exact) mass is 283 g/mol. The van der Waals surface area contributed by atoms with Gasteiger partial charge in [-0.25, -0.2) is 0 Å². The van der Waals surface area contributed by atoms with Crippen LogP contribution in [0.2, 0.25) is 10.0 Å². The van der Waals surface area contributed by atoms with Gasteiger partial charge in [-0.05, 0) is 50.4 Å². The first-order valence-corrected chi connectivity index (χ1v) is 7.26. The Labute approximate surface area is 119 Å². The first-order chi connectivity index (χ1) is 8.65. The van der Waals surface area contributed by atoms with Crippen molar-refractivity contribution in [3.05, 3.63) is 39.4 Å². The lowest BCUT2D eigenvalue weighted by molar-refractivity contribution is 0.399. The average molecular weight is 284 g/mol. The molecule has 1 atom stereocenters. The van der Waals surface area contributed by atoms with E-state index in [1.165, 1.54) is 24.8 Å². The van der Waals surface area contributed by atoms with Crippen molar-refractivity contribution in [2.24, 2.45) is 0 Å². The second kappa shape index (κ2) is 6.60. The third-order valence-corrected chi connectivity index (χ3v) is 4.08. The van der Waals surface area contributed by atoms with Crippen LogP contribution in [0.5, 0.6) is 0 Å². The van der Waals surface area contributed by atoms with Crippen LogP contribution in [0, 0.1) is 0 Å². The highest BCUT2D eigenvalue weighted by Crippen LogP contribution is 2.24. The lowest BCUT2D eigenvalue weighted by Gasteiger charge is -2.23. The van der Waals surface area contributed by atoms with E-state index in [2.05, 4.69) is 18.3 Å². The Balaban J connectivity index is 2.00. The van der Waals surface area contributed by atoms with Crippen LogP contribution in [0.25, 0.3) is 6.08 Å². The van der Waals surface area contributed by atoms with Crippen molar-refractivity contribution in [3.8, 4) is 0 Å². The van der Waals surface area contributed by atoms with Crippen molar-refractivity contribution in [3.63, 3.8) is 0 Å². The van der Waals surface area contributed by atoms with Crippen LogP contribution >= 0.6 is 23.2 Å². The second-order valence-electron chi connectivity index (χ2n) is 5.02. The van der Waals surface area contributed by atoms with Gasteiger partial charge in [0.15, 0.2) is 0 Å². The van der Waals surface area contributed by atoms with Gasteiger partial charge >= 0.3 is 0 Å². The van der Waals surface area contributed by atoms with E-state index in [4.69, 9.17) is 23.2 Å². The number of benzene rings is 1. The van der Waals surface area contributed by atoms with Gasteiger partial charge in [0.2, 0.25) is 0 Å². The molecule has 3 heteroatoms. The van der Waals surface area contributed by atoms with Crippen LogP contribution in [-0.4, -0.2) is 12.6 Å². The van der Waals surface area contributed by atoms with Crippen LogP contribution in [0.4, 0.5) is 0 Å². The summed E-state index contributed by atoms with van der Waals surface area (Å²) in [6.45, 7) is 3.34. The van der Waals surface area contributed by atoms with Crippen molar-refractivity contribution in [2.75, 3.05) is 6.54 Å². The normalized spacial score (nSPS) is 21.1. The van der Waals surface area contributed by atoms with E-state index in [0.717, 1.165) is 18.5 Å². The summed E-state index contributed by atoms with van der Waals surface area (Å²) in [5.41, 5.74) is 2.51. The van der Waals surface area contributed by atoms with Gasteiger partial charge in [0.05, 0.1) is 10.0 Å². The quantitative estimate of drug-likeness (QED) is 0.830. The fourth-order valence-electron chi connectivity index (χ4n) is 2.43. The molecule has 98 valence electrons. The summed E-state index contributed by atoms with van der Waals surface area (Å²) < 4.78 is 0. The average Bonchev–Trinajstić information content (AvgIpc) is 2.35. The maximum Gasteiger partial charge on any atom is 0.0598 e. The van der Waals surface area contributed by atoms with Gasteiger partial charge in [0.25, 0.3) is 0 Å². The van der Waals surface area contributed by atoms with Crippen molar-refractivity contribution in [1.29, 1.82) is 0 Å². The van der Waals surface area contributed by atoms with Crippen LogP contribution in [-0.2, 0) is 0 Å². The fourth-order valence-corrected chi connectivity index (χ4v) is 2.74. The maximum atomic E-state index is 6.02. The van der Waals surface area contributed by atoms with E-state index in [0.29, 0.717) is 16.1 Å². The molecule has 2 rings (SSSR count). The van der Waals surface area contributed by atoms with Gasteiger partial charge in [-0.2, -0.15) is 0 Å². The summed E-state index contributed by atoms with van der Waals surface area (Å²) in [6.07, 6.45) is 7.25. The first kappa shape index (κ1) is 13.9. The standard InChI is InChI=1S/C15H19Cl2N/c1-11(9-13-4-2-3-7-18-13)8-12-5-6-14(16)15(17)10-12/h5-6,8,10,13,18H,2-4,7,9H2,1H3/b11-8-. The summed E-state index contributed by atoms with van der Waals surface area (Å²) in [5.74, 6) is 0. The predicted molar refractivity (Wildman–Crippen MR) is 80.4 cm³/mol. The molecule has 1 aliphatic rings. The summed E-state index contributed by atoms with van der Waals surface area (Å²) in [5, 5.41) is 4.80. The molecule has 0 bridgehead atoms. The van der Waals surface area contributed by atoms with E-state index < -0.39 is 0 Å². The highest BCUT2D eigenvalue weighted by molar-refractivity contribution is 6.42. The van der Waals surface area contributed by atoms with Crippen molar-refractivity contribution < 1.29 is 0 Å². The predicted octanol–water partition coefficient (Wildman–Crippen LogP) is 4.93. The maximum absolute atomic E-state index is 6.02. The summed E-state index contributed by atoms with van der Waals surface area (Å²) in [7, 11) is 0. The summed E-state index contributed by atoms with van der Waals surface area (Å²) in [6, 6.07) is 6.41. The first-order valence-electron chi connectivity index (χ1n) is 6.51. The minimum absolute atomic E-state index is 0.611. The molecule has 1 aromatic carbocycles. The zero-order valence-electron chi connectivity index (χ0n) is 10.7. The van der Waals surface area contributed by atoms with E-state index in [1.54, 1.807) is 0 Å². The van der Waals surface area contributed by atoms with Gasteiger partial charge < -0.3 is 5.32 Å². The van der Waals surface area contributed by atoms with Crippen LogP contribution in [0.3, 0.4) is 0 Å². The molecule has 0 radical (unpaired) electrons. The molecule has 0 saturated carbocycles. The van der Waals surface area contributed by atoms with E-state index in [9.17, 15) is 0 Å². The Hall–Kier alpha value is -0.500. The van der Waals surface area contributed by atoms with Crippen molar-refractivity contribution in [1.82, 2.24) is 5.32 Å². The second-order valence-corrected chi connectivity index (χ2v) is 5.83. The summed E-state index contributed by atoms with van der Waals surface area (Å²) >= 11 is 11.9. The van der Waals surface area contributed by atoms with Crippen LogP contribution < -0.4 is 5.32 Å². The molecule has 0 spiro atoms. The van der Waals surface area contributed by atoms with Crippen LogP contribution in [0.15, 0.2) is 23.8 Å². The molecular weight excluding hydrogens is 265 g/mol. The molecule has 18 heavy (non-hydrogen) atoms.